The second-order valence-corrected chi connectivity index (χ2v) is 4.73. The Bertz CT molecular complexity index is 414. The molecule has 0 aliphatic rings. The lowest BCUT2D eigenvalue weighted by atomic mass is 9.94. The minimum absolute atomic E-state index is 0.0314. The monoisotopic (exact) mass is 251 g/mol. The van der Waals surface area contributed by atoms with E-state index in [1.807, 2.05) is 13.8 Å². The van der Waals surface area contributed by atoms with Crippen molar-refractivity contribution in [3.63, 3.8) is 0 Å². The Hall–Kier alpha value is -1.75. The molecule has 18 heavy (non-hydrogen) atoms. The predicted molar refractivity (Wildman–Crippen MR) is 73.1 cm³/mol. The first-order valence-corrected chi connectivity index (χ1v) is 5.99. The molecule has 0 heterocycles. The molecule has 1 rings (SSSR count). The average Bonchev–Trinajstić information content (AvgIpc) is 2.28. The number of carbonyl (C=O) groups is 1. The number of hydrogen-bond acceptors (Lipinski definition) is 4. The van der Waals surface area contributed by atoms with Gasteiger partial charge in [-0.05, 0) is 38.0 Å². The van der Waals surface area contributed by atoms with Crippen molar-refractivity contribution in [1.29, 1.82) is 0 Å². The van der Waals surface area contributed by atoms with Crippen molar-refractivity contribution in [2.45, 2.75) is 32.2 Å². The zero-order valence-electron chi connectivity index (χ0n) is 10.9. The van der Waals surface area contributed by atoms with E-state index in [9.17, 15) is 4.79 Å². The van der Waals surface area contributed by atoms with Crippen LogP contribution < -0.4 is 16.8 Å². The fraction of sp³-hybridized carbons (Fsp3) is 0.462. The lowest BCUT2D eigenvalue weighted by Gasteiger charge is -2.29. The van der Waals surface area contributed by atoms with E-state index in [0.29, 0.717) is 23.4 Å². The summed E-state index contributed by atoms with van der Waals surface area (Å²) in [6, 6.07) is 4.77. The van der Waals surface area contributed by atoms with Crippen molar-refractivity contribution in [3.05, 3.63) is 23.8 Å². The number of benzene rings is 1. The first-order chi connectivity index (χ1) is 8.40. The SMILES string of the molecule is CCC(C)(CCO)NC(=O)c1cc(N)cc(N)c1. The van der Waals surface area contributed by atoms with Gasteiger partial charge in [0, 0.05) is 29.1 Å². The molecule has 0 spiro atoms. The largest absolute Gasteiger partial charge is 0.399 e. The molecule has 5 heteroatoms. The zero-order valence-corrected chi connectivity index (χ0v) is 10.9. The molecule has 0 saturated heterocycles. The Kier molecular flexibility index (Phi) is 4.55. The summed E-state index contributed by atoms with van der Waals surface area (Å²) in [4.78, 5) is 12.1. The highest BCUT2D eigenvalue weighted by atomic mass is 16.3. The molecule has 5 nitrogen and oxygen atoms in total. The van der Waals surface area contributed by atoms with Gasteiger partial charge >= 0.3 is 0 Å². The Balaban J connectivity index is 2.87. The smallest absolute Gasteiger partial charge is 0.251 e. The number of hydrogen-bond donors (Lipinski definition) is 4. The number of rotatable bonds is 5. The van der Waals surface area contributed by atoms with Crippen LogP contribution in [0.1, 0.15) is 37.0 Å². The van der Waals surface area contributed by atoms with E-state index < -0.39 is 5.54 Å². The molecule has 0 radical (unpaired) electrons. The van der Waals surface area contributed by atoms with Gasteiger partial charge in [0.2, 0.25) is 0 Å². The number of nitrogen functional groups attached to an aromatic ring is 2. The van der Waals surface area contributed by atoms with Crippen LogP contribution >= 0.6 is 0 Å². The zero-order chi connectivity index (χ0) is 13.8. The highest BCUT2D eigenvalue weighted by Gasteiger charge is 2.24. The van der Waals surface area contributed by atoms with Crippen LogP contribution in [0.2, 0.25) is 0 Å². The summed E-state index contributed by atoms with van der Waals surface area (Å²) in [5, 5.41) is 11.9. The van der Waals surface area contributed by atoms with Gasteiger partial charge in [0.1, 0.15) is 0 Å². The molecule has 0 fully saturated rings. The summed E-state index contributed by atoms with van der Waals surface area (Å²) >= 11 is 0. The van der Waals surface area contributed by atoms with Gasteiger partial charge in [0.25, 0.3) is 5.91 Å². The van der Waals surface area contributed by atoms with E-state index in [4.69, 9.17) is 16.6 Å². The van der Waals surface area contributed by atoms with E-state index in [1.54, 1.807) is 18.2 Å². The first-order valence-electron chi connectivity index (χ1n) is 5.99. The lowest BCUT2D eigenvalue weighted by Crippen LogP contribution is -2.46. The maximum Gasteiger partial charge on any atom is 0.251 e. The number of carbonyl (C=O) groups excluding carboxylic acids is 1. The molecule has 1 aromatic carbocycles. The van der Waals surface area contributed by atoms with Gasteiger partial charge < -0.3 is 21.9 Å². The quantitative estimate of drug-likeness (QED) is 0.589. The number of amides is 1. The molecule has 1 amide bonds. The average molecular weight is 251 g/mol. The van der Waals surface area contributed by atoms with E-state index in [2.05, 4.69) is 5.32 Å². The van der Waals surface area contributed by atoms with E-state index in [-0.39, 0.29) is 12.5 Å². The van der Waals surface area contributed by atoms with Crippen molar-refractivity contribution in [2.75, 3.05) is 18.1 Å². The fourth-order valence-electron chi connectivity index (χ4n) is 1.73. The van der Waals surface area contributed by atoms with Crippen LogP contribution in [0.4, 0.5) is 11.4 Å². The third kappa shape index (κ3) is 3.63. The molecule has 0 aliphatic heterocycles. The normalized spacial score (nSPS) is 13.9. The van der Waals surface area contributed by atoms with Crippen LogP contribution in [-0.4, -0.2) is 23.2 Å². The summed E-state index contributed by atoms with van der Waals surface area (Å²) in [5.74, 6) is -0.230. The van der Waals surface area contributed by atoms with Crippen molar-refractivity contribution >= 4 is 17.3 Å². The van der Waals surface area contributed by atoms with Gasteiger partial charge in [-0.2, -0.15) is 0 Å². The molecule has 0 aliphatic carbocycles. The number of nitrogens with one attached hydrogen (secondary N) is 1. The van der Waals surface area contributed by atoms with Crippen LogP contribution in [0.5, 0.6) is 0 Å². The van der Waals surface area contributed by atoms with Gasteiger partial charge in [-0.3, -0.25) is 4.79 Å². The van der Waals surface area contributed by atoms with Crippen LogP contribution in [0.25, 0.3) is 0 Å². The highest BCUT2D eigenvalue weighted by molar-refractivity contribution is 5.96. The van der Waals surface area contributed by atoms with Gasteiger partial charge in [-0.1, -0.05) is 6.92 Å². The van der Waals surface area contributed by atoms with Gasteiger partial charge in [-0.25, -0.2) is 0 Å². The maximum atomic E-state index is 12.1. The van der Waals surface area contributed by atoms with Gasteiger partial charge in [0.15, 0.2) is 0 Å². The summed E-state index contributed by atoms with van der Waals surface area (Å²) < 4.78 is 0. The van der Waals surface area contributed by atoms with E-state index in [0.717, 1.165) is 6.42 Å². The molecule has 100 valence electrons. The van der Waals surface area contributed by atoms with Crippen molar-refractivity contribution < 1.29 is 9.90 Å². The molecule has 0 bridgehead atoms. The van der Waals surface area contributed by atoms with Crippen LogP contribution in [0.15, 0.2) is 18.2 Å². The van der Waals surface area contributed by atoms with Crippen LogP contribution in [0, 0.1) is 0 Å². The summed E-state index contributed by atoms with van der Waals surface area (Å²) in [5.41, 5.74) is 12.2. The van der Waals surface area contributed by atoms with E-state index in [1.165, 1.54) is 0 Å². The number of nitrogens with two attached hydrogens (primary N) is 2. The summed E-state index contributed by atoms with van der Waals surface area (Å²) in [7, 11) is 0. The minimum Gasteiger partial charge on any atom is -0.399 e. The molecule has 0 saturated carbocycles. The second kappa shape index (κ2) is 5.73. The molecular formula is C13H21N3O2. The van der Waals surface area contributed by atoms with Crippen LogP contribution in [-0.2, 0) is 0 Å². The highest BCUT2D eigenvalue weighted by Crippen LogP contribution is 2.17. The number of aliphatic hydroxyl groups is 1. The number of aliphatic hydroxyl groups excluding tert-OH is 1. The molecule has 1 unspecified atom stereocenters. The standard InChI is InChI=1S/C13H21N3O2/c1-3-13(2,4-5-17)16-12(18)9-6-10(14)8-11(15)7-9/h6-8,17H,3-5,14-15H2,1-2H3,(H,16,18). The molecule has 1 aromatic rings. The number of anilines is 2. The Morgan fingerprint density at radius 3 is 2.33 bits per heavy atom. The topological polar surface area (TPSA) is 101 Å². The van der Waals surface area contributed by atoms with Gasteiger partial charge in [0.05, 0.1) is 0 Å². The van der Waals surface area contributed by atoms with Gasteiger partial charge in [-0.15, -0.1) is 0 Å². The molecule has 6 N–H and O–H groups in total. The summed E-state index contributed by atoms with van der Waals surface area (Å²) in [6.07, 6.45) is 1.24. The van der Waals surface area contributed by atoms with Crippen molar-refractivity contribution in [2.24, 2.45) is 0 Å². The minimum atomic E-state index is -0.425. The fourth-order valence-corrected chi connectivity index (χ4v) is 1.73. The molecular weight excluding hydrogens is 230 g/mol. The third-order valence-corrected chi connectivity index (χ3v) is 3.10. The maximum absolute atomic E-state index is 12.1. The van der Waals surface area contributed by atoms with E-state index >= 15 is 0 Å². The van der Waals surface area contributed by atoms with Crippen molar-refractivity contribution in [3.8, 4) is 0 Å². The predicted octanol–water partition coefficient (Wildman–Crippen LogP) is 1.13. The molecule has 1 atom stereocenters. The molecule has 0 aromatic heterocycles. The lowest BCUT2D eigenvalue weighted by molar-refractivity contribution is 0.0886. The first kappa shape index (κ1) is 14.3. The Morgan fingerprint density at radius 1 is 1.33 bits per heavy atom. The Labute approximate surface area is 107 Å². The van der Waals surface area contributed by atoms with Crippen molar-refractivity contribution in [1.82, 2.24) is 5.32 Å². The van der Waals surface area contributed by atoms with Crippen LogP contribution in [0.3, 0.4) is 0 Å². The third-order valence-electron chi connectivity index (χ3n) is 3.10. The second-order valence-electron chi connectivity index (χ2n) is 4.73. The Morgan fingerprint density at radius 2 is 1.89 bits per heavy atom. The summed E-state index contributed by atoms with van der Waals surface area (Å²) in [6.45, 7) is 3.89.